The van der Waals surface area contributed by atoms with Crippen molar-refractivity contribution in [3.63, 3.8) is 0 Å². The largest absolute Gasteiger partial charge is 3.00 e. The molecule has 0 N–H and O–H groups in total. The molecule has 0 aliphatic carbocycles. The van der Waals surface area contributed by atoms with Crippen molar-refractivity contribution in [2.75, 3.05) is 0 Å². The number of nitrogens with zero attached hydrogens (tertiary/aromatic N) is 1. The van der Waals surface area contributed by atoms with Crippen LogP contribution in [0.2, 0.25) is 39.3 Å². The van der Waals surface area contributed by atoms with Gasteiger partial charge in [0, 0.05) is 0 Å². The molecule has 30 heavy (non-hydrogen) atoms. The van der Waals surface area contributed by atoms with Gasteiger partial charge in [0.25, 0.3) is 0 Å². The van der Waals surface area contributed by atoms with E-state index in [4.69, 9.17) is 4.65 Å². The summed E-state index contributed by atoms with van der Waals surface area (Å²) < 4.78 is 4.82. The number of fused-ring (bicyclic) bond motifs is 2. The molecule has 0 bridgehead atoms. The van der Waals surface area contributed by atoms with Gasteiger partial charge in [-0.25, -0.2) is 0 Å². The van der Waals surface area contributed by atoms with E-state index in [1.54, 1.807) is 0 Å². The normalized spacial score (nSPS) is 11.2. The molecular weight excluding hydrogens is 540 g/mol. The molecule has 4 heteroatoms. The summed E-state index contributed by atoms with van der Waals surface area (Å²) in [5.41, 5.74) is 2.70. The Morgan fingerprint density at radius 3 is 1.20 bits per heavy atom. The van der Waals surface area contributed by atoms with Gasteiger partial charge in [0.05, 0.1) is 0 Å². The van der Waals surface area contributed by atoms with Gasteiger partial charge in [-0.3, -0.25) is 0 Å². The molecule has 0 atom stereocenters. The standard InChI is InChI=1S/2C10H9.C6H18NSi2.Gd/c2*1-8-6-9-4-2-3-5-10(9)7-8;1-8(2,3)7-9(4,5)6;/h2*2-7H,1H3;1-6H3;/q3*-1;+3. The van der Waals surface area contributed by atoms with Crippen LogP contribution >= 0.6 is 0 Å². The smallest absolute Gasteiger partial charge is 0.668 e. The maximum atomic E-state index is 4.82. The molecule has 161 valence electrons. The molecule has 0 aromatic heterocycles. The van der Waals surface area contributed by atoms with Gasteiger partial charge in [-0.2, -0.15) is 12.1 Å². The first-order chi connectivity index (χ1) is 13.4. The van der Waals surface area contributed by atoms with Gasteiger partial charge in [0.15, 0.2) is 0 Å². The fourth-order valence-corrected chi connectivity index (χ4v) is 11.7. The van der Waals surface area contributed by atoms with E-state index in [0.29, 0.717) is 0 Å². The number of hydrogen-bond donors (Lipinski definition) is 0. The second-order valence-corrected chi connectivity index (χ2v) is 19.4. The molecule has 0 aliphatic rings. The van der Waals surface area contributed by atoms with Gasteiger partial charge >= 0.3 is 39.9 Å². The number of aryl methyl sites for hydroxylation is 2. The molecular formula is C26H36GdNSi2. The Morgan fingerprint density at radius 2 is 0.933 bits per heavy atom. The summed E-state index contributed by atoms with van der Waals surface area (Å²) in [6, 6.07) is 25.7. The predicted octanol–water partition coefficient (Wildman–Crippen LogP) is 8.76. The Bertz CT molecular complexity index is 882. The first-order valence-electron chi connectivity index (χ1n) is 10.4. The molecule has 0 unspecified atom stereocenters. The van der Waals surface area contributed by atoms with Gasteiger partial charge in [-0.05, 0) is 0 Å². The average molecular weight is 576 g/mol. The van der Waals surface area contributed by atoms with Crippen molar-refractivity contribution in [2.45, 2.75) is 53.1 Å². The molecule has 4 aromatic rings. The Labute approximate surface area is 217 Å². The van der Waals surface area contributed by atoms with Gasteiger partial charge in [-0.15, -0.1) is 81.2 Å². The first-order valence-corrected chi connectivity index (χ1v) is 17.3. The Kier molecular flexibility index (Phi) is 10.8. The van der Waals surface area contributed by atoms with Crippen molar-refractivity contribution in [1.82, 2.24) is 0 Å². The first kappa shape index (κ1) is 27.4. The fraction of sp³-hybridized carbons (Fsp3) is 0.308. The molecule has 4 rings (SSSR count). The third-order valence-corrected chi connectivity index (χ3v) is 9.56. The van der Waals surface area contributed by atoms with E-state index in [1.165, 1.54) is 32.7 Å². The van der Waals surface area contributed by atoms with Crippen LogP contribution in [0.25, 0.3) is 26.2 Å². The van der Waals surface area contributed by atoms with Crippen LogP contribution in [0.3, 0.4) is 0 Å². The third-order valence-electron chi connectivity index (χ3n) is 4.20. The van der Waals surface area contributed by atoms with Crippen LogP contribution in [0.4, 0.5) is 0 Å². The van der Waals surface area contributed by atoms with Crippen LogP contribution in [0, 0.1) is 53.8 Å². The minimum atomic E-state index is -1.11. The van der Waals surface area contributed by atoms with Crippen LogP contribution < -0.4 is 0 Å². The summed E-state index contributed by atoms with van der Waals surface area (Å²) in [6.45, 7) is 18.0. The summed E-state index contributed by atoms with van der Waals surface area (Å²) in [5.74, 6) is 0. The number of hydrogen-bond acceptors (Lipinski definition) is 0. The second kappa shape index (κ2) is 11.8. The van der Waals surface area contributed by atoms with Gasteiger partial charge in [-0.1, -0.05) is 81.7 Å². The van der Waals surface area contributed by atoms with E-state index < -0.39 is 16.5 Å². The molecule has 0 aliphatic heterocycles. The average Bonchev–Trinajstić information content (AvgIpc) is 3.12. The molecule has 0 spiro atoms. The van der Waals surface area contributed by atoms with Gasteiger partial charge < -0.3 is 4.65 Å². The SMILES string of the molecule is C[Si](C)(C)[N-][Si](C)(C)C.Cc1cc2ccccc2[cH-]1.Cc1cc2ccccc2[cH-]1.[Gd+3]. The monoisotopic (exact) mass is 576 g/mol. The summed E-state index contributed by atoms with van der Waals surface area (Å²) >= 11 is 0. The van der Waals surface area contributed by atoms with Gasteiger partial charge in [0.1, 0.15) is 0 Å². The number of benzene rings is 2. The molecule has 0 heterocycles. The van der Waals surface area contributed by atoms with Crippen molar-refractivity contribution in [3.8, 4) is 0 Å². The van der Waals surface area contributed by atoms with Crippen molar-refractivity contribution < 1.29 is 39.9 Å². The van der Waals surface area contributed by atoms with Crippen LogP contribution in [0.1, 0.15) is 11.1 Å². The van der Waals surface area contributed by atoms with Crippen molar-refractivity contribution in [2.24, 2.45) is 0 Å². The predicted molar refractivity (Wildman–Crippen MR) is 139 cm³/mol. The topological polar surface area (TPSA) is 14.1 Å². The zero-order chi connectivity index (χ0) is 21.7. The van der Waals surface area contributed by atoms with Gasteiger partial charge in [0.2, 0.25) is 0 Å². The summed E-state index contributed by atoms with van der Waals surface area (Å²) in [7, 11) is -2.21. The minimum absolute atomic E-state index is 0. The maximum absolute atomic E-state index is 4.82. The molecule has 0 saturated heterocycles. The van der Waals surface area contributed by atoms with Crippen LogP contribution in [0.5, 0.6) is 0 Å². The summed E-state index contributed by atoms with van der Waals surface area (Å²) in [4.78, 5) is 0. The van der Waals surface area contributed by atoms with E-state index in [9.17, 15) is 0 Å². The summed E-state index contributed by atoms with van der Waals surface area (Å²) in [6.07, 6.45) is 0. The van der Waals surface area contributed by atoms with Crippen molar-refractivity contribution in [3.05, 3.63) is 88.6 Å². The van der Waals surface area contributed by atoms with E-state index in [-0.39, 0.29) is 39.9 Å². The zero-order valence-electron chi connectivity index (χ0n) is 19.7. The molecule has 4 aromatic carbocycles. The van der Waals surface area contributed by atoms with Crippen LogP contribution in [-0.2, 0) is 0 Å². The minimum Gasteiger partial charge on any atom is -0.668 e. The Hall–Kier alpha value is -0.622. The van der Waals surface area contributed by atoms with E-state index in [2.05, 4.69) is 126 Å². The van der Waals surface area contributed by atoms with E-state index in [1.807, 2.05) is 0 Å². The Balaban J connectivity index is 0.000000222. The quantitative estimate of drug-likeness (QED) is 0.168. The van der Waals surface area contributed by atoms with Crippen molar-refractivity contribution >= 4 is 38.0 Å². The molecule has 1 nitrogen and oxygen atoms in total. The second-order valence-electron chi connectivity index (χ2n) is 9.78. The fourth-order valence-electron chi connectivity index (χ4n) is 3.62. The number of rotatable bonds is 2. The zero-order valence-corrected chi connectivity index (χ0v) is 24.0. The maximum Gasteiger partial charge on any atom is 3.00 e. The van der Waals surface area contributed by atoms with Crippen LogP contribution in [0.15, 0.2) is 72.8 Å². The molecule has 0 fully saturated rings. The molecule has 1 radical (unpaired) electrons. The van der Waals surface area contributed by atoms with Crippen LogP contribution in [-0.4, -0.2) is 16.5 Å². The Morgan fingerprint density at radius 1 is 0.600 bits per heavy atom. The summed E-state index contributed by atoms with van der Waals surface area (Å²) in [5, 5.41) is 5.39. The van der Waals surface area contributed by atoms with Crippen molar-refractivity contribution in [1.29, 1.82) is 0 Å². The molecule has 0 amide bonds. The molecule has 0 saturated carbocycles. The third kappa shape index (κ3) is 10.1. The van der Waals surface area contributed by atoms with E-state index >= 15 is 0 Å². The van der Waals surface area contributed by atoms with E-state index in [0.717, 1.165) is 0 Å².